The normalized spacial score (nSPS) is 16.0. The van der Waals surface area contributed by atoms with Crippen LogP contribution in [0.15, 0.2) is 78.9 Å². The first-order valence-corrected chi connectivity index (χ1v) is 12.4. The Labute approximate surface area is 206 Å². The fraction of sp³-hybridized carbons (Fsp3) is 0.345. The van der Waals surface area contributed by atoms with Gasteiger partial charge in [0.1, 0.15) is 0 Å². The van der Waals surface area contributed by atoms with Crippen molar-refractivity contribution >= 4 is 27.9 Å². The predicted octanol–water partition coefficient (Wildman–Crippen LogP) is 5.04. The maximum atomic E-state index is 13.1. The van der Waals surface area contributed by atoms with Gasteiger partial charge in [-0.15, -0.1) is 0 Å². The molecule has 1 fully saturated rings. The third-order valence-corrected chi connectivity index (χ3v) is 6.85. The molecule has 1 aliphatic rings. The largest absolute Gasteiger partial charge is 0.449 e. The van der Waals surface area contributed by atoms with E-state index >= 15 is 0 Å². The molecule has 0 bridgehead atoms. The van der Waals surface area contributed by atoms with Gasteiger partial charge in [-0.25, -0.2) is 9.36 Å². The molecular formula is C29H33N3O3. The van der Waals surface area contributed by atoms with Gasteiger partial charge in [0, 0.05) is 23.4 Å². The highest BCUT2D eigenvalue weighted by molar-refractivity contribution is 6.12. The summed E-state index contributed by atoms with van der Waals surface area (Å²) in [6.07, 6.45) is 1.69. The Morgan fingerprint density at radius 3 is 2.14 bits per heavy atom. The zero-order valence-electron chi connectivity index (χ0n) is 20.0. The summed E-state index contributed by atoms with van der Waals surface area (Å²) in [5.74, 6) is 0.369. The number of rotatable bonds is 8. The second kappa shape index (κ2) is 11.0. The first-order valence-electron chi connectivity index (χ1n) is 12.4. The number of nitrogens with two attached hydrogens (primary N) is 1. The molecule has 35 heavy (non-hydrogen) atoms. The van der Waals surface area contributed by atoms with Crippen molar-refractivity contribution in [1.29, 1.82) is 0 Å². The Kier molecular flexibility index (Phi) is 7.42. The molecule has 1 aromatic heterocycles. The standard InChI is InChI=1S/C29H33N3O3/c30-24(21-34-19-22-8-2-1-3-9-22)18-31-16-14-23(15-17-31)20-35-29(33)32-27-12-6-4-10-25(27)26-11-5-7-13-28(26)32/h1-13,23-24H,14-21,30H2/t24-/m1/s1. The van der Waals surface area contributed by atoms with Gasteiger partial charge >= 0.3 is 6.09 Å². The maximum Gasteiger partial charge on any atom is 0.418 e. The molecule has 4 aromatic rings. The highest BCUT2D eigenvalue weighted by atomic mass is 16.5. The van der Waals surface area contributed by atoms with Crippen LogP contribution in [0.5, 0.6) is 0 Å². The molecule has 1 aliphatic heterocycles. The number of carbonyl (C=O) groups excluding carboxylic acids is 1. The smallest absolute Gasteiger partial charge is 0.418 e. The molecule has 6 nitrogen and oxygen atoms in total. The molecule has 0 amide bonds. The maximum absolute atomic E-state index is 13.1. The average Bonchev–Trinajstić information content (AvgIpc) is 3.23. The fourth-order valence-corrected chi connectivity index (χ4v) is 5.00. The van der Waals surface area contributed by atoms with Crippen molar-refractivity contribution in [2.75, 3.05) is 32.8 Å². The highest BCUT2D eigenvalue weighted by Gasteiger charge is 2.23. The molecule has 3 aromatic carbocycles. The minimum absolute atomic E-state index is 0.0107. The molecule has 1 atom stereocenters. The van der Waals surface area contributed by atoms with Crippen LogP contribution >= 0.6 is 0 Å². The number of carbonyl (C=O) groups is 1. The topological polar surface area (TPSA) is 69.7 Å². The van der Waals surface area contributed by atoms with E-state index in [1.165, 1.54) is 0 Å². The van der Waals surface area contributed by atoms with Crippen LogP contribution in [0.1, 0.15) is 18.4 Å². The Hall–Kier alpha value is -3.19. The Balaban J connectivity index is 1.08. The van der Waals surface area contributed by atoms with E-state index in [2.05, 4.69) is 29.2 Å². The van der Waals surface area contributed by atoms with Gasteiger partial charge in [-0.05, 0) is 49.5 Å². The SMILES string of the molecule is N[C@@H](COCc1ccccc1)CN1CCC(COC(=O)n2c3ccccc3c3ccccc32)CC1. The summed E-state index contributed by atoms with van der Waals surface area (Å²) in [6, 6.07) is 26.1. The van der Waals surface area contributed by atoms with E-state index < -0.39 is 0 Å². The van der Waals surface area contributed by atoms with Gasteiger partial charge in [0.15, 0.2) is 0 Å². The quantitative estimate of drug-likeness (QED) is 0.390. The number of hydrogen-bond donors (Lipinski definition) is 1. The van der Waals surface area contributed by atoms with Crippen LogP contribution in [-0.2, 0) is 16.1 Å². The molecule has 2 heterocycles. The Morgan fingerprint density at radius 2 is 1.49 bits per heavy atom. The van der Waals surface area contributed by atoms with Crippen molar-refractivity contribution in [2.24, 2.45) is 11.7 Å². The molecule has 0 spiro atoms. The number of aromatic nitrogens is 1. The average molecular weight is 472 g/mol. The first kappa shape index (κ1) is 23.5. The van der Waals surface area contributed by atoms with Crippen molar-refractivity contribution in [3.63, 3.8) is 0 Å². The lowest BCUT2D eigenvalue weighted by Gasteiger charge is -2.33. The number of para-hydroxylation sites is 2. The van der Waals surface area contributed by atoms with E-state index in [9.17, 15) is 4.79 Å². The molecule has 0 radical (unpaired) electrons. The van der Waals surface area contributed by atoms with Crippen LogP contribution < -0.4 is 5.73 Å². The van der Waals surface area contributed by atoms with Gasteiger partial charge in [0.25, 0.3) is 0 Å². The number of ether oxygens (including phenoxy) is 2. The summed E-state index contributed by atoms with van der Waals surface area (Å²) in [5, 5.41) is 2.13. The summed E-state index contributed by atoms with van der Waals surface area (Å²) in [7, 11) is 0. The highest BCUT2D eigenvalue weighted by Crippen LogP contribution is 2.29. The van der Waals surface area contributed by atoms with Gasteiger partial charge in [0.05, 0.1) is 30.9 Å². The molecule has 2 N–H and O–H groups in total. The van der Waals surface area contributed by atoms with Crippen LogP contribution in [0.2, 0.25) is 0 Å². The van der Waals surface area contributed by atoms with Crippen LogP contribution in [0.4, 0.5) is 4.79 Å². The summed E-state index contributed by atoms with van der Waals surface area (Å²) >= 11 is 0. The van der Waals surface area contributed by atoms with Crippen molar-refractivity contribution in [2.45, 2.75) is 25.5 Å². The van der Waals surface area contributed by atoms with Crippen LogP contribution in [0.3, 0.4) is 0 Å². The zero-order valence-corrected chi connectivity index (χ0v) is 20.0. The van der Waals surface area contributed by atoms with Gasteiger partial charge in [-0.2, -0.15) is 0 Å². The van der Waals surface area contributed by atoms with Crippen molar-refractivity contribution in [1.82, 2.24) is 9.47 Å². The third-order valence-electron chi connectivity index (χ3n) is 6.85. The Bertz CT molecular complexity index is 1210. The second-order valence-corrected chi connectivity index (χ2v) is 9.45. The molecular weight excluding hydrogens is 438 g/mol. The monoisotopic (exact) mass is 471 g/mol. The summed E-state index contributed by atoms with van der Waals surface area (Å²) in [6.45, 7) is 4.33. The minimum Gasteiger partial charge on any atom is -0.449 e. The summed E-state index contributed by atoms with van der Waals surface area (Å²) < 4.78 is 13.3. The fourth-order valence-electron chi connectivity index (χ4n) is 5.00. The molecule has 6 heteroatoms. The lowest BCUT2D eigenvalue weighted by Crippen LogP contribution is -2.44. The van der Waals surface area contributed by atoms with Crippen LogP contribution in [-0.4, -0.2) is 54.5 Å². The van der Waals surface area contributed by atoms with Crippen LogP contribution in [0.25, 0.3) is 21.8 Å². The van der Waals surface area contributed by atoms with E-state index in [1.807, 2.05) is 54.6 Å². The second-order valence-electron chi connectivity index (χ2n) is 9.45. The molecule has 0 unspecified atom stereocenters. The van der Waals surface area contributed by atoms with E-state index in [0.717, 1.165) is 59.8 Å². The lowest BCUT2D eigenvalue weighted by molar-refractivity contribution is 0.0756. The van der Waals surface area contributed by atoms with Crippen molar-refractivity contribution < 1.29 is 14.3 Å². The molecule has 0 saturated carbocycles. The zero-order chi connectivity index (χ0) is 24.0. The summed E-state index contributed by atoms with van der Waals surface area (Å²) in [5.41, 5.74) is 9.24. The van der Waals surface area contributed by atoms with Crippen molar-refractivity contribution in [3.8, 4) is 0 Å². The predicted molar refractivity (Wildman–Crippen MR) is 139 cm³/mol. The van der Waals surface area contributed by atoms with Gasteiger partial charge in [-0.3, -0.25) is 0 Å². The molecule has 5 rings (SSSR count). The van der Waals surface area contributed by atoms with E-state index in [1.54, 1.807) is 4.57 Å². The minimum atomic E-state index is -0.303. The van der Waals surface area contributed by atoms with Gasteiger partial charge in [-0.1, -0.05) is 66.7 Å². The van der Waals surface area contributed by atoms with E-state index in [0.29, 0.717) is 25.7 Å². The number of hydrogen-bond acceptors (Lipinski definition) is 5. The molecule has 0 aliphatic carbocycles. The van der Waals surface area contributed by atoms with E-state index in [-0.39, 0.29) is 12.1 Å². The van der Waals surface area contributed by atoms with Gasteiger partial charge in [0.2, 0.25) is 0 Å². The summed E-state index contributed by atoms with van der Waals surface area (Å²) in [4.78, 5) is 15.5. The number of piperidine rings is 1. The number of fused-ring (bicyclic) bond motifs is 3. The first-order chi connectivity index (χ1) is 17.2. The molecule has 182 valence electrons. The third kappa shape index (κ3) is 5.56. The van der Waals surface area contributed by atoms with Gasteiger partial charge < -0.3 is 20.1 Å². The number of benzene rings is 3. The lowest BCUT2D eigenvalue weighted by atomic mass is 9.97. The number of likely N-dealkylation sites (tertiary alicyclic amines) is 1. The number of nitrogens with zero attached hydrogens (tertiary/aromatic N) is 2. The van der Waals surface area contributed by atoms with E-state index in [4.69, 9.17) is 15.2 Å². The van der Waals surface area contributed by atoms with Crippen molar-refractivity contribution in [3.05, 3.63) is 84.4 Å². The molecule has 1 saturated heterocycles. The van der Waals surface area contributed by atoms with Crippen LogP contribution in [0, 0.1) is 5.92 Å². The Morgan fingerprint density at radius 1 is 0.886 bits per heavy atom.